The second kappa shape index (κ2) is 7.06. The highest BCUT2D eigenvalue weighted by molar-refractivity contribution is 5.86. The van der Waals surface area contributed by atoms with Gasteiger partial charge in [0.25, 0.3) is 0 Å². The van der Waals surface area contributed by atoms with Gasteiger partial charge in [-0.15, -0.1) is 0 Å². The topological polar surface area (TPSA) is 65.9 Å². The molecule has 2 saturated heterocycles. The van der Waals surface area contributed by atoms with Crippen LogP contribution in [0.5, 0.6) is 5.75 Å². The number of hydrogen-bond donors (Lipinski definition) is 1. The maximum atomic E-state index is 13.4. The van der Waals surface area contributed by atoms with Gasteiger partial charge in [-0.1, -0.05) is 0 Å². The molecule has 4 rings (SSSR count). The minimum atomic E-state index is -0.265. The van der Waals surface area contributed by atoms with Gasteiger partial charge in [0.2, 0.25) is 5.91 Å². The Labute approximate surface area is 155 Å². The van der Waals surface area contributed by atoms with Crippen LogP contribution >= 0.6 is 0 Å². The molecule has 0 aromatic carbocycles. The minimum Gasteiger partial charge on any atom is -0.497 e. The fraction of sp³-hybridized carbons (Fsp3) is 0.700. The number of hydrogen-bond acceptors (Lipinski definition) is 5. The molecule has 1 aromatic heterocycles. The molecule has 2 aliphatic heterocycles. The summed E-state index contributed by atoms with van der Waals surface area (Å²) in [5.41, 5.74) is -0.265. The fourth-order valence-electron chi connectivity index (χ4n) is 4.97. The highest BCUT2D eigenvalue weighted by Crippen LogP contribution is 2.43. The van der Waals surface area contributed by atoms with Crippen molar-refractivity contribution in [2.24, 2.45) is 5.41 Å². The number of aliphatic hydroxyl groups excluding tert-OH is 1. The monoisotopic (exact) mass is 359 g/mol. The number of likely N-dealkylation sites (tertiary alicyclic amines) is 1. The maximum Gasteiger partial charge on any atom is 0.230 e. The number of piperidine rings is 1. The van der Waals surface area contributed by atoms with Crippen LogP contribution in [0.1, 0.15) is 44.9 Å². The average Bonchev–Trinajstić information content (AvgIpc) is 2.98. The first-order valence-electron chi connectivity index (χ1n) is 9.85. The molecule has 1 atom stereocenters. The molecule has 142 valence electrons. The number of pyridine rings is 1. The normalized spacial score (nSPS) is 32.3. The number of methoxy groups -OCH3 is 1. The van der Waals surface area contributed by atoms with Crippen molar-refractivity contribution < 1.29 is 14.6 Å². The molecule has 1 aliphatic carbocycles. The van der Waals surface area contributed by atoms with Crippen molar-refractivity contribution in [2.75, 3.05) is 31.6 Å². The van der Waals surface area contributed by atoms with E-state index < -0.39 is 0 Å². The number of amides is 1. The van der Waals surface area contributed by atoms with Crippen molar-refractivity contribution >= 4 is 11.7 Å². The summed E-state index contributed by atoms with van der Waals surface area (Å²) in [5, 5.41) is 9.75. The Morgan fingerprint density at radius 2 is 2.04 bits per heavy atom. The Balaban J connectivity index is 1.48. The summed E-state index contributed by atoms with van der Waals surface area (Å²) < 4.78 is 5.33. The van der Waals surface area contributed by atoms with Crippen LogP contribution < -0.4 is 9.64 Å². The van der Waals surface area contributed by atoms with E-state index in [4.69, 9.17) is 4.74 Å². The summed E-state index contributed by atoms with van der Waals surface area (Å²) in [6.45, 7) is 2.54. The zero-order valence-electron chi connectivity index (χ0n) is 15.6. The molecule has 6 heteroatoms. The first-order valence-corrected chi connectivity index (χ1v) is 9.85. The first-order chi connectivity index (χ1) is 12.6. The predicted octanol–water partition coefficient (Wildman–Crippen LogP) is 2.21. The molecule has 3 aliphatic rings. The number of anilines is 1. The summed E-state index contributed by atoms with van der Waals surface area (Å²) in [7, 11) is 1.66. The van der Waals surface area contributed by atoms with Crippen molar-refractivity contribution in [3.63, 3.8) is 0 Å². The van der Waals surface area contributed by atoms with Crippen LogP contribution in [0, 0.1) is 5.41 Å². The van der Waals surface area contributed by atoms with Crippen molar-refractivity contribution in [3.8, 4) is 5.75 Å². The number of aromatic nitrogens is 1. The largest absolute Gasteiger partial charge is 0.497 e. The number of carbonyl (C=O) groups excluding carboxylic acids is 1. The molecule has 0 radical (unpaired) electrons. The van der Waals surface area contributed by atoms with Crippen molar-refractivity contribution in [1.82, 2.24) is 9.88 Å². The van der Waals surface area contributed by atoms with Gasteiger partial charge in [0, 0.05) is 37.9 Å². The van der Waals surface area contributed by atoms with Gasteiger partial charge >= 0.3 is 0 Å². The summed E-state index contributed by atoms with van der Waals surface area (Å²) in [6, 6.07) is 4.12. The molecule has 1 aromatic rings. The minimum absolute atomic E-state index is 0.178. The summed E-state index contributed by atoms with van der Waals surface area (Å²) >= 11 is 0. The lowest BCUT2D eigenvalue weighted by atomic mass is 9.78. The Bertz CT molecular complexity index is 659. The van der Waals surface area contributed by atoms with E-state index in [9.17, 15) is 9.90 Å². The van der Waals surface area contributed by atoms with Crippen LogP contribution in [0.3, 0.4) is 0 Å². The van der Waals surface area contributed by atoms with E-state index in [2.05, 4.69) is 14.8 Å². The summed E-state index contributed by atoms with van der Waals surface area (Å²) in [6.07, 6.45) is 8.02. The Hall–Kier alpha value is -1.82. The van der Waals surface area contributed by atoms with Gasteiger partial charge in [0.1, 0.15) is 11.6 Å². The number of rotatable bonds is 3. The smallest absolute Gasteiger partial charge is 0.230 e. The third-order valence-corrected chi connectivity index (χ3v) is 6.51. The van der Waals surface area contributed by atoms with Crippen LogP contribution in [0.25, 0.3) is 0 Å². The molecule has 3 heterocycles. The molecule has 1 spiro atoms. The van der Waals surface area contributed by atoms with E-state index in [0.717, 1.165) is 76.1 Å². The fourth-order valence-corrected chi connectivity index (χ4v) is 4.97. The molecule has 1 N–H and O–H groups in total. The van der Waals surface area contributed by atoms with Crippen LogP contribution in [-0.2, 0) is 4.79 Å². The van der Waals surface area contributed by atoms with Gasteiger partial charge in [0.05, 0.1) is 18.6 Å². The molecule has 0 bridgehead atoms. The predicted molar refractivity (Wildman–Crippen MR) is 99.3 cm³/mol. The van der Waals surface area contributed by atoms with Crippen molar-refractivity contribution in [2.45, 2.75) is 57.1 Å². The SMILES string of the molecule is COc1ccnc(N2CCCC3(CCN([C@H]4CC[C@H](O)CC4)C3=O)C2)c1. The standard InChI is InChI=1S/C20H29N3O3/c1-26-17-7-10-21-18(13-17)22-11-2-8-20(14-22)9-12-23(19(20)25)15-3-5-16(24)6-4-15/h7,10,13,15-16,24H,2-6,8-9,11-12,14H2,1H3/t15-,16-,20?. The van der Waals surface area contributed by atoms with E-state index in [1.54, 1.807) is 13.3 Å². The van der Waals surface area contributed by atoms with Crippen LogP contribution in [0.15, 0.2) is 18.3 Å². The van der Waals surface area contributed by atoms with Crippen LogP contribution in [0.2, 0.25) is 0 Å². The van der Waals surface area contributed by atoms with E-state index >= 15 is 0 Å². The Morgan fingerprint density at radius 1 is 1.23 bits per heavy atom. The highest BCUT2D eigenvalue weighted by atomic mass is 16.5. The second-order valence-electron chi connectivity index (χ2n) is 8.07. The first kappa shape index (κ1) is 17.6. The number of aliphatic hydroxyl groups is 1. The zero-order chi connectivity index (χ0) is 18.1. The van der Waals surface area contributed by atoms with Gasteiger partial charge < -0.3 is 19.6 Å². The molecular weight excluding hydrogens is 330 g/mol. The van der Waals surface area contributed by atoms with Gasteiger partial charge in [-0.25, -0.2) is 4.98 Å². The Kier molecular flexibility index (Phi) is 4.78. The van der Waals surface area contributed by atoms with Crippen molar-refractivity contribution in [1.29, 1.82) is 0 Å². The molecule has 1 amide bonds. The summed E-state index contributed by atoms with van der Waals surface area (Å²) in [4.78, 5) is 22.2. The lowest BCUT2D eigenvalue weighted by molar-refractivity contribution is -0.139. The quantitative estimate of drug-likeness (QED) is 0.896. The van der Waals surface area contributed by atoms with Crippen molar-refractivity contribution in [3.05, 3.63) is 18.3 Å². The van der Waals surface area contributed by atoms with E-state index in [1.165, 1.54) is 0 Å². The van der Waals surface area contributed by atoms with E-state index in [0.29, 0.717) is 11.9 Å². The van der Waals surface area contributed by atoms with Gasteiger partial charge in [-0.2, -0.15) is 0 Å². The molecule has 1 saturated carbocycles. The second-order valence-corrected chi connectivity index (χ2v) is 8.07. The molecule has 6 nitrogen and oxygen atoms in total. The van der Waals surface area contributed by atoms with Gasteiger partial charge in [0.15, 0.2) is 0 Å². The van der Waals surface area contributed by atoms with E-state index in [1.807, 2.05) is 12.1 Å². The molecular formula is C20H29N3O3. The zero-order valence-corrected chi connectivity index (χ0v) is 15.6. The average molecular weight is 359 g/mol. The third-order valence-electron chi connectivity index (χ3n) is 6.51. The van der Waals surface area contributed by atoms with Gasteiger partial charge in [-0.05, 0) is 51.0 Å². The highest BCUT2D eigenvalue weighted by Gasteiger charge is 2.50. The summed E-state index contributed by atoms with van der Waals surface area (Å²) in [5.74, 6) is 2.02. The van der Waals surface area contributed by atoms with Crippen LogP contribution in [0.4, 0.5) is 5.82 Å². The van der Waals surface area contributed by atoms with Gasteiger partial charge in [-0.3, -0.25) is 4.79 Å². The van der Waals surface area contributed by atoms with E-state index in [-0.39, 0.29) is 11.5 Å². The third kappa shape index (κ3) is 3.15. The molecule has 1 unspecified atom stereocenters. The molecule has 3 fully saturated rings. The number of carbonyl (C=O) groups is 1. The maximum absolute atomic E-state index is 13.4. The molecule has 26 heavy (non-hydrogen) atoms. The number of ether oxygens (including phenoxy) is 1. The van der Waals surface area contributed by atoms with Crippen LogP contribution in [-0.4, -0.2) is 59.8 Å². The number of nitrogens with zero attached hydrogens (tertiary/aromatic N) is 3. The Morgan fingerprint density at radius 3 is 2.81 bits per heavy atom. The lowest BCUT2D eigenvalue weighted by Gasteiger charge is -2.41. The lowest BCUT2D eigenvalue weighted by Crippen LogP contribution is -2.50.